The Balaban J connectivity index is 1.41. The summed E-state index contributed by atoms with van der Waals surface area (Å²) >= 11 is 0. The van der Waals surface area contributed by atoms with E-state index in [1.807, 2.05) is 4.90 Å². The van der Waals surface area contributed by atoms with Crippen molar-refractivity contribution >= 4 is 11.8 Å². The number of likely N-dealkylation sites (tertiary alicyclic amines) is 1. The van der Waals surface area contributed by atoms with Crippen molar-refractivity contribution in [3.05, 3.63) is 35.6 Å². The SMILES string of the molecule is O=C(NCC(=O)N1CCC(N2CCOCC2)CC1)c1ccc(F)cc1. The summed E-state index contributed by atoms with van der Waals surface area (Å²) in [5.74, 6) is -0.830. The third-order valence-electron chi connectivity index (χ3n) is 4.89. The highest BCUT2D eigenvalue weighted by Crippen LogP contribution is 2.17. The van der Waals surface area contributed by atoms with Crippen molar-refractivity contribution in [2.45, 2.75) is 18.9 Å². The molecule has 0 unspecified atom stereocenters. The minimum atomic E-state index is -0.393. The van der Waals surface area contributed by atoms with Crippen LogP contribution in [0, 0.1) is 5.82 Å². The molecule has 2 heterocycles. The molecule has 2 aliphatic heterocycles. The molecule has 0 radical (unpaired) electrons. The maximum atomic E-state index is 12.9. The van der Waals surface area contributed by atoms with E-state index < -0.39 is 5.82 Å². The quantitative estimate of drug-likeness (QED) is 0.877. The van der Waals surface area contributed by atoms with Crippen molar-refractivity contribution in [2.24, 2.45) is 0 Å². The van der Waals surface area contributed by atoms with Gasteiger partial charge in [-0.25, -0.2) is 4.39 Å². The number of amides is 2. The van der Waals surface area contributed by atoms with Gasteiger partial charge >= 0.3 is 0 Å². The molecule has 1 N–H and O–H groups in total. The van der Waals surface area contributed by atoms with Gasteiger partial charge in [0.05, 0.1) is 19.8 Å². The number of carbonyl (C=O) groups excluding carboxylic acids is 2. The van der Waals surface area contributed by atoms with Crippen LogP contribution in [0.1, 0.15) is 23.2 Å². The van der Waals surface area contributed by atoms with E-state index in [1.165, 1.54) is 24.3 Å². The van der Waals surface area contributed by atoms with Gasteiger partial charge in [0.25, 0.3) is 5.91 Å². The summed E-state index contributed by atoms with van der Waals surface area (Å²) in [5.41, 5.74) is 0.347. The summed E-state index contributed by atoms with van der Waals surface area (Å²) in [6.07, 6.45) is 1.91. The van der Waals surface area contributed by atoms with Crippen molar-refractivity contribution < 1.29 is 18.7 Å². The van der Waals surface area contributed by atoms with Crippen molar-refractivity contribution in [3.63, 3.8) is 0 Å². The molecule has 3 rings (SSSR count). The van der Waals surface area contributed by atoms with Gasteiger partial charge in [-0.3, -0.25) is 14.5 Å². The molecule has 2 aliphatic rings. The predicted octanol–water partition coefficient (Wildman–Crippen LogP) is 0.879. The van der Waals surface area contributed by atoms with E-state index in [2.05, 4.69) is 10.2 Å². The Morgan fingerprint density at radius 2 is 1.72 bits per heavy atom. The van der Waals surface area contributed by atoms with Gasteiger partial charge in [-0.1, -0.05) is 0 Å². The molecule has 2 saturated heterocycles. The molecule has 0 bridgehead atoms. The molecule has 0 aliphatic carbocycles. The zero-order valence-electron chi connectivity index (χ0n) is 14.2. The number of nitrogens with one attached hydrogen (secondary N) is 1. The smallest absolute Gasteiger partial charge is 0.251 e. The summed E-state index contributed by atoms with van der Waals surface area (Å²) < 4.78 is 18.3. The highest BCUT2D eigenvalue weighted by molar-refractivity contribution is 5.96. The van der Waals surface area contributed by atoms with Gasteiger partial charge in [-0.15, -0.1) is 0 Å². The maximum Gasteiger partial charge on any atom is 0.251 e. The largest absolute Gasteiger partial charge is 0.379 e. The summed E-state index contributed by atoms with van der Waals surface area (Å²) in [6.45, 7) is 4.90. The van der Waals surface area contributed by atoms with Crippen LogP contribution in [0.25, 0.3) is 0 Å². The number of halogens is 1. The van der Waals surface area contributed by atoms with E-state index in [0.717, 1.165) is 39.1 Å². The molecule has 7 heteroatoms. The first-order chi connectivity index (χ1) is 12.1. The molecule has 0 saturated carbocycles. The van der Waals surface area contributed by atoms with E-state index in [1.54, 1.807) is 0 Å². The van der Waals surface area contributed by atoms with Gasteiger partial charge in [-0.05, 0) is 37.1 Å². The molecule has 1 aromatic rings. The van der Waals surface area contributed by atoms with Crippen LogP contribution in [0.4, 0.5) is 4.39 Å². The first-order valence-electron chi connectivity index (χ1n) is 8.77. The van der Waals surface area contributed by atoms with Crippen LogP contribution in [0.15, 0.2) is 24.3 Å². The normalized spacial score (nSPS) is 19.6. The highest BCUT2D eigenvalue weighted by Gasteiger charge is 2.27. The summed E-state index contributed by atoms with van der Waals surface area (Å²) in [5, 5.41) is 2.61. The Morgan fingerprint density at radius 3 is 2.36 bits per heavy atom. The average molecular weight is 349 g/mol. The van der Waals surface area contributed by atoms with Crippen LogP contribution in [-0.2, 0) is 9.53 Å². The van der Waals surface area contributed by atoms with Gasteiger partial charge in [0.2, 0.25) is 5.91 Å². The Morgan fingerprint density at radius 1 is 1.08 bits per heavy atom. The van der Waals surface area contributed by atoms with Crippen LogP contribution in [0.5, 0.6) is 0 Å². The summed E-state index contributed by atoms with van der Waals surface area (Å²) in [7, 11) is 0. The van der Waals surface area contributed by atoms with E-state index in [9.17, 15) is 14.0 Å². The minimum absolute atomic E-state index is 0.0293. The molecule has 0 spiro atoms. The monoisotopic (exact) mass is 349 g/mol. The molecule has 0 aromatic heterocycles. The summed E-state index contributed by atoms with van der Waals surface area (Å²) in [6, 6.07) is 5.79. The van der Waals surface area contributed by atoms with E-state index >= 15 is 0 Å². The summed E-state index contributed by atoms with van der Waals surface area (Å²) in [4.78, 5) is 28.5. The lowest BCUT2D eigenvalue weighted by atomic mass is 10.0. The van der Waals surface area contributed by atoms with E-state index in [-0.39, 0.29) is 18.4 Å². The number of morpholine rings is 1. The lowest BCUT2D eigenvalue weighted by Gasteiger charge is -2.40. The zero-order valence-corrected chi connectivity index (χ0v) is 14.2. The van der Waals surface area contributed by atoms with Gasteiger partial charge in [0, 0.05) is 37.8 Å². The molecule has 25 heavy (non-hydrogen) atoms. The second-order valence-electron chi connectivity index (χ2n) is 6.45. The van der Waals surface area contributed by atoms with Crippen molar-refractivity contribution in [3.8, 4) is 0 Å². The first kappa shape index (κ1) is 17.8. The number of benzene rings is 1. The fourth-order valence-electron chi connectivity index (χ4n) is 3.39. The third-order valence-corrected chi connectivity index (χ3v) is 4.89. The number of nitrogens with zero attached hydrogens (tertiary/aromatic N) is 2. The second-order valence-corrected chi connectivity index (χ2v) is 6.45. The lowest BCUT2D eigenvalue weighted by Crippen LogP contribution is -2.51. The predicted molar refractivity (Wildman–Crippen MR) is 90.7 cm³/mol. The minimum Gasteiger partial charge on any atom is -0.379 e. The fraction of sp³-hybridized carbons (Fsp3) is 0.556. The number of piperidine rings is 1. The molecule has 2 fully saturated rings. The number of hydrogen-bond donors (Lipinski definition) is 1. The Bertz CT molecular complexity index is 594. The third kappa shape index (κ3) is 4.76. The Hall–Kier alpha value is -1.99. The lowest BCUT2D eigenvalue weighted by molar-refractivity contribution is -0.132. The van der Waals surface area contributed by atoms with Crippen molar-refractivity contribution in [1.82, 2.24) is 15.1 Å². The van der Waals surface area contributed by atoms with Gasteiger partial charge in [0.15, 0.2) is 0 Å². The molecular formula is C18H24FN3O3. The highest BCUT2D eigenvalue weighted by atomic mass is 19.1. The molecular weight excluding hydrogens is 325 g/mol. The van der Waals surface area contributed by atoms with Crippen LogP contribution >= 0.6 is 0 Å². The van der Waals surface area contributed by atoms with Crippen LogP contribution < -0.4 is 5.32 Å². The zero-order chi connectivity index (χ0) is 17.6. The molecule has 2 amide bonds. The van der Waals surface area contributed by atoms with Gasteiger partial charge < -0.3 is 15.0 Å². The second kappa shape index (κ2) is 8.40. The average Bonchev–Trinajstić information content (AvgIpc) is 2.67. The fourth-order valence-corrected chi connectivity index (χ4v) is 3.39. The van der Waals surface area contributed by atoms with Crippen LogP contribution in [0.2, 0.25) is 0 Å². The maximum absolute atomic E-state index is 12.9. The molecule has 136 valence electrons. The van der Waals surface area contributed by atoms with E-state index in [4.69, 9.17) is 4.74 Å². The van der Waals surface area contributed by atoms with Crippen LogP contribution in [0.3, 0.4) is 0 Å². The molecule has 0 atom stereocenters. The van der Waals surface area contributed by atoms with Crippen molar-refractivity contribution in [2.75, 3.05) is 45.9 Å². The van der Waals surface area contributed by atoms with Gasteiger partial charge in [-0.2, -0.15) is 0 Å². The number of ether oxygens (including phenoxy) is 1. The Labute approximate surface area is 146 Å². The number of hydrogen-bond acceptors (Lipinski definition) is 4. The van der Waals surface area contributed by atoms with Gasteiger partial charge in [0.1, 0.15) is 5.82 Å². The van der Waals surface area contributed by atoms with Crippen molar-refractivity contribution in [1.29, 1.82) is 0 Å². The first-order valence-corrected chi connectivity index (χ1v) is 8.77. The molecule has 6 nitrogen and oxygen atoms in total. The topological polar surface area (TPSA) is 61.9 Å². The standard InChI is InChI=1S/C18H24FN3O3/c19-15-3-1-14(2-4-15)18(24)20-13-17(23)22-7-5-16(6-8-22)21-9-11-25-12-10-21/h1-4,16H,5-13H2,(H,20,24). The number of carbonyl (C=O) groups is 2. The Kier molecular flexibility index (Phi) is 5.99. The van der Waals surface area contributed by atoms with Crippen LogP contribution in [-0.4, -0.2) is 73.6 Å². The number of rotatable bonds is 4. The van der Waals surface area contributed by atoms with E-state index in [0.29, 0.717) is 24.7 Å². The molecule has 1 aromatic carbocycles.